The van der Waals surface area contributed by atoms with Gasteiger partial charge in [-0.2, -0.15) is 0 Å². The lowest BCUT2D eigenvalue weighted by Crippen LogP contribution is -2.06. The van der Waals surface area contributed by atoms with Crippen molar-refractivity contribution in [2.45, 2.75) is 6.42 Å². The van der Waals surface area contributed by atoms with E-state index in [1.807, 2.05) is 0 Å². The highest BCUT2D eigenvalue weighted by Crippen LogP contribution is 2.21. The van der Waals surface area contributed by atoms with E-state index in [9.17, 15) is 4.79 Å². The molecule has 0 saturated heterocycles. The molecule has 15 heavy (non-hydrogen) atoms. The third-order valence-electron chi connectivity index (χ3n) is 1.70. The normalized spacial score (nSPS) is 9.73. The number of carbonyl (C=O) groups is 1. The van der Waals surface area contributed by atoms with Gasteiger partial charge in [0.15, 0.2) is 0 Å². The Balaban J connectivity index is 2.72. The van der Waals surface area contributed by atoms with E-state index in [2.05, 4.69) is 22.5 Å². The van der Waals surface area contributed by atoms with E-state index in [1.165, 1.54) is 0 Å². The second-order valence-electron chi connectivity index (χ2n) is 2.84. The van der Waals surface area contributed by atoms with Crippen LogP contribution in [0.2, 0.25) is 5.02 Å². The highest BCUT2D eigenvalue weighted by Gasteiger charge is 2.11. The van der Waals surface area contributed by atoms with Crippen LogP contribution in [0.1, 0.15) is 16.8 Å². The number of benzene rings is 1. The van der Waals surface area contributed by atoms with Gasteiger partial charge in [-0.25, -0.2) is 4.79 Å². The lowest BCUT2D eigenvalue weighted by atomic mass is 10.2. The van der Waals surface area contributed by atoms with Crippen molar-refractivity contribution < 1.29 is 9.53 Å². The van der Waals surface area contributed by atoms with Crippen LogP contribution in [0.3, 0.4) is 0 Å². The Labute approximate surface area is 102 Å². The highest BCUT2D eigenvalue weighted by atomic mass is 79.9. The molecule has 80 valence electrons. The Morgan fingerprint density at radius 2 is 2.33 bits per heavy atom. The molecule has 0 fully saturated rings. The Kier molecular flexibility index (Phi) is 4.85. The monoisotopic (exact) mass is 288 g/mol. The third-order valence-corrected chi connectivity index (χ3v) is 2.53. The molecule has 0 N–H and O–H groups in total. The second kappa shape index (κ2) is 5.93. The summed E-state index contributed by atoms with van der Waals surface area (Å²) in [6, 6.07) is 5.05. The predicted molar refractivity (Wildman–Crippen MR) is 64.2 cm³/mol. The van der Waals surface area contributed by atoms with Crippen LogP contribution in [-0.2, 0) is 4.74 Å². The summed E-state index contributed by atoms with van der Waals surface area (Å²) < 4.78 is 5.78. The van der Waals surface area contributed by atoms with E-state index in [4.69, 9.17) is 16.3 Å². The average Bonchev–Trinajstić information content (AvgIpc) is 2.22. The zero-order chi connectivity index (χ0) is 11.3. The van der Waals surface area contributed by atoms with Crippen molar-refractivity contribution in [3.63, 3.8) is 0 Å². The van der Waals surface area contributed by atoms with Gasteiger partial charge in [0.25, 0.3) is 0 Å². The lowest BCUT2D eigenvalue weighted by molar-refractivity contribution is 0.0512. The largest absolute Gasteiger partial charge is 0.462 e. The van der Waals surface area contributed by atoms with E-state index in [0.29, 0.717) is 23.6 Å². The molecule has 4 heteroatoms. The van der Waals surface area contributed by atoms with Gasteiger partial charge in [-0.3, -0.25) is 0 Å². The Hall–Kier alpha value is -0.800. The van der Waals surface area contributed by atoms with Gasteiger partial charge >= 0.3 is 5.97 Å². The van der Waals surface area contributed by atoms with Crippen molar-refractivity contribution in [2.75, 3.05) is 6.61 Å². The molecule has 0 spiro atoms. The quantitative estimate of drug-likeness (QED) is 0.478. The van der Waals surface area contributed by atoms with Crippen LogP contribution in [-0.4, -0.2) is 12.6 Å². The molecule has 1 rings (SSSR count). The molecule has 0 bridgehead atoms. The lowest BCUT2D eigenvalue weighted by Gasteiger charge is -2.05. The van der Waals surface area contributed by atoms with Gasteiger partial charge < -0.3 is 4.74 Å². The first-order valence-corrected chi connectivity index (χ1v) is 5.55. The number of carbonyl (C=O) groups excluding carboxylic acids is 1. The molecule has 0 atom stereocenters. The summed E-state index contributed by atoms with van der Waals surface area (Å²) >= 11 is 9.13. The maximum Gasteiger partial charge on any atom is 0.339 e. The zero-order valence-electron chi connectivity index (χ0n) is 8.00. The molecule has 0 aromatic heterocycles. The Morgan fingerprint density at radius 3 is 3.00 bits per heavy atom. The fourth-order valence-electron chi connectivity index (χ4n) is 0.967. The SMILES string of the molecule is C=CCCOC(=O)c1cc(Br)ccc1Cl. The van der Waals surface area contributed by atoms with Crippen LogP contribution in [0.15, 0.2) is 35.3 Å². The van der Waals surface area contributed by atoms with Crippen molar-refractivity contribution in [3.8, 4) is 0 Å². The number of hydrogen-bond donors (Lipinski definition) is 0. The summed E-state index contributed by atoms with van der Waals surface area (Å²) in [5.74, 6) is -0.414. The summed E-state index contributed by atoms with van der Waals surface area (Å²) in [5.41, 5.74) is 0.370. The Morgan fingerprint density at radius 1 is 1.60 bits per heavy atom. The molecule has 0 aliphatic heterocycles. The van der Waals surface area contributed by atoms with Gasteiger partial charge in [-0.05, 0) is 24.6 Å². The average molecular weight is 290 g/mol. The van der Waals surface area contributed by atoms with Crippen molar-refractivity contribution >= 4 is 33.5 Å². The van der Waals surface area contributed by atoms with Crippen LogP contribution < -0.4 is 0 Å². The standard InChI is InChI=1S/C11H10BrClO2/c1-2-3-6-15-11(14)9-7-8(12)4-5-10(9)13/h2,4-5,7H,1,3,6H2. The van der Waals surface area contributed by atoms with Gasteiger partial charge in [0.05, 0.1) is 17.2 Å². The van der Waals surface area contributed by atoms with E-state index in [1.54, 1.807) is 24.3 Å². The van der Waals surface area contributed by atoms with E-state index >= 15 is 0 Å². The van der Waals surface area contributed by atoms with Crippen molar-refractivity contribution in [1.29, 1.82) is 0 Å². The van der Waals surface area contributed by atoms with Crippen LogP contribution in [0.5, 0.6) is 0 Å². The minimum absolute atomic E-state index is 0.325. The first-order valence-electron chi connectivity index (χ1n) is 4.38. The van der Waals surface area contributed by atoms with Crippen LogP contribution in [0.4, 0.5) is 0 Å². The molecule has 0 unspecified atom stereocenters. The Bertz CT molecular complexity index is 377. The number of ether oxygens (including phenoxy) is 1. The van der Waals surface area contributed by atoms with Crippen LogP contribution >= 0.6 is 27.5 Å². The fourth-order valence-corrected chi connectivity index (χ4v) is 1.52. The maximum absolute atomic E-state index is 11.5. The third kappa shape index (κ3) is 3.68. The minimum Gasteiger partial charge on any atom is -0.462 e. The molecule has 0 radical (unpaired) electrons. The molecule has 0 aliphatic rings. The van der Waals surface area contributed by atoms with Gasteiger partial charge in [0.2, 0.25) is 0 Å². The molecule has 2 nitrogen and oxygen atoms in total. The first-order chi connectivity index (χ1) is 7.15. The molecule has 0 saturated carbocycles. The molecule has 0 heterocycles. The number of hydrogen-bond acceptors (Lipinski definition) is 2. The summed E-state index contributed by atoms with van der Waals surface area (Å²) in [4.78, 5) is 11.5. The predicted octanol–water partition coefficient (Wildman–Crippen LogP) is 3.84. The summed E-state index contributed by atoms with van der Waals surface area (Å²) in [7, 11) is 0. The summed E-state index contributed by atoms with van der Waals surface area (Å²) in [6.45, 7) is 3.86. The fraction of sp³-hybridized carbons (Fsp3) is 0.182. The van der Waals surface area contributed by atoms with E-state index in [-0.39, 0.29) is 0 Å². The molecular formula is C11H10BrClO2. The second-order valence-corrected chi connectivity index (χ2v) is 4.16. The highest BCUT2D eigenvalue weighted by molar-refractivity contribution is 9.10. The van der Waals surface area contributed by atoms with E-state index in [0.717, 1.165) is 4.47 Å². The smallest absolute Gasteiger partial charge is 0.339 e. The molecule has 0 aliphatic carbocycles. The molecule has 1 aromatic carbocycles. The molecule has 1 aromatic rings. The number of rotatable bonds is 4. The zero-order valence-corrected chi connectivity index (χ0v) is 10.3. The van der Waals surface area contributed by atoms with Crippen molar-refractivity contribution in [2.24, 2.45) is 0 Å². The topological polar surface area (TPSA) is 26.3 Å². The van der Waals surface area contributed by atoms with Gasteiger partial charge in [-0.1, -0.05) is 33.6 Å². The first kappa shape index (κ1) is 12.3. The van der Waals surface area contributed by atoms with Gasteiger partial charge in [0.1, 0.15) is 0 Å². The summed E-state index contributed by atoms with van der Waals surface area (Å²) in [6.07, 6.45) is 2.33. The molecular weight excluding hydrogens is 279 g/mol. The van der Waals surface area contributed by atoms with Crippen LogP contribution in [0.25, 0.3) is 0 Å². The summed E-state index contributed by atoms with van der Waals surface area (Å²) in [5, 5.41) is 0.391. The molecule has 0 amide bonds. The number of halogens is 2. The van der Waals surface area contributed by atoms with Gasteiger partial charge in [-0.15, -0.1) is 6.58 Å². The van der Waals surface area contributed by atoms with Gasteiger partial charge in [0, 0.05) is 4.47 Å². The maximum atomic E-state index is 11.5. The van der Waals surface area contributed by atoms with Crippen LogP contribution in [0, 0.1) is 0 Å². The van der Waals surface area contributed by atoms with E-state index < -0.39 is 5.97 Å². The minimum atomic E-state index is -0.414. The van der Waals surface area contributed by atoms with Crippen molar-refractivity contribution in [1.82, 2.24) is 0 Å². The van der Waals surface area contributed by atoms with Crippen molar-refractivity contribution in [3.05, 3.63) is 45.9 Å². The number of esters is 1.